The molecule has 0 saturated heterocycles. The van der Waals surface area contributed by atoms with Crippen LogP contribution in [0.25, 0.3) is 0 Å². The molecule has 0 aliphatic carbocycles. The van der Waals surface area contributed by atoms with Gasteiger partial charge < -0.3 is 10.1 Å². The number of carbonyl (C=O) groups is 1. The fourth-order valence-electron chi connectivity index (χ4n) is 2.15. The van der Waals surface area contributed by atoms with Gasteiger partial charge in [-0.3, -0.25) is 9.52 Å². The van der Waals surface area contributed by atoms with Crippen molar-refractivity contribution in [1.29, 1.82) is 0 Å². The Labute approximate surface area is 160 Å². The number of alkyl halides is 3. The van der Waals surface area contributed by atoms with E-state index in [2.05, 4.69) is 14.8 Å². The summed E-state index contributed by atoms with van der Waals surface area (Å²) >= 11 is 0. The molecule has 0 aliphatic rings. The van der Waals surface area contributed by atoms with Crippen molar-refractivity contribution in [2.75, 3.05) is 4.72 Å². The molecule has 0 spiro atoms. The van der Waals surface area contributed by atoms with E-state index in [-0.39, 0.29) is 11.6 Å². The Hall–Kier alpha value is -2.75. The van der Waals surface area contributed by atoms with Gasteiger partial charge in [-0.15, -0.1) is 13.2 Å². The van der Waals surface area contributed by atoms with E-state index in [4.69, 9.17) is 0 Å². The van der Waals surface area contributed by atoms with E-state index < -0.39 is 32.6 Å². The topological polar surface area (TPSA) is 84.5 Å². The SMILES string of the molecule is CC(C)(C)NC(=O)c1ccc(NS(=O)(=O)c2cccc(OC(F)(F)F)c2)cc1. The number of nitrogens with one attached hydrogen (secondary N) is 2. The van der Waals surface area contributed by atoms with Gasteiger partial charge in [0.2, 0.25) is 0 Å². The molecule has 2 aromatic rings. The number of sulfonamides is 1. The predicted molar refractivity (Wildman–Crippen MR) is 97.6 cm³/mol. The fourth-order valence-corrected chi connectivity index (χ4v) is 3.25. The van der Waals surface area contributed by atoms with Gasteiger partial charge in [-0.25, -0.2) is 8.42 Å². The van der Waals surface area contributed by atoms with Gasteiger partial charge in [0.15, 0.2) is 0 Å². The molecular weight excluding hydrogens is 397 g/mol. The van der Waals surface area contributed by atoms with Gasteiger partial charge in [-0.05, 0) is 57.2 Å². The molecule has 1 amide bonds. The summed E-state index contributed by atoms with van der Waals surface area (Å²) in [5.41, 5.74) is 0.0498. The first-order valence-electron chi connectivity index (χ1n) is 8.06. The Bertz CT molecular complexity index is 950. The van der Waals surface area contributed by atoms with Crippen molar-refractivity contribution in [2.24, 2.45) is 0 Å². The Morgan fingerprint density at radius 1 is 1.00 bits per heavy atom. The predicted octanol–water partition coefficient (Wildman–Crippen LogP) is 3.91. The molecule has 0 radical (unpaired) electrons. The number of ether oxygens (including phenoxy) is 1. The highest BCUT2D eigenvalue weighted by atomic mass is 32.2. The smallest absolute Gasteiger partial charge is 0.406 e. The first-order valence-corrected chi connectivity index (χ1v) is 9.55. The number of hydrogen-bond donors (Lipinski definition) is 2. The summed E-state index contributed by atoms with van der Waals surface area (Å²) in [4.78, 5) is 11.7. The third-order valence-electron chi connectivity index (χ3n) is 3.24. The molecule has 0 saturated carbocycles. The van der Waals surface area contributed by atoms with Crippen molar-refractivity contribution in [3.05, 3.63) is 54.1 Å². The van der Waals surface area contributed by atoms with Crippen LogP contribution in [0.3, 0.4) is 0 Å². The highest BCUT2D eigenvalue weighted by molar-refractivity contribution is 7.92. The van der Waals surface area contributed by atoms with Crippen LogP contribution in [0.5, 0.6) is 5.75 Å². The zero-order valence-electron chi connectivity index (χ0n) is 15.3. The van der Waals surface area contributed by atoms with E-state index in [0.717, 1.165) is 24.3 Å². The molecular formula is C18H19F3N2O4S. The van der Waals surface area contributed by atoms with E-state index >= 15 is 0 Å². The van der Waals surface area contributed by atoms with Gasteiger partial charge in [-0.2, -0.15) is 0 Å². The minimum absolute atomic E-state index is 0.148. The van der Waals surface area contributed by atoms with E-state index in [0.29, 0.717) is 5.56 Å². The molecule has 0 atom stereocenters. The molecule has 0 unspecified atom stereocenters. The van der Waals surface area contributed by atoms with Crippen LogP contribution < -0.4 is 14.8 Å². The van der Waals surface area contributed by atoms with E-state index in [9.17, 15) is 26.4 Å². The summed E-state index contributed by atoms with van der Waals surface area (Å²) in [5.74, 6) is -0.969. The molecule has 0 aliphatic heterocycles. The largest absolute Gasteiger partial charge is 0.573 e. The number of rotatable bonds is 5. The summed E-state index contributed by atoms with van der Waals surface area (Å²) in [6.07, 6.45) is -4.93. The zero-order valence-corrected chi connectivity index (χ0v) is 16.1. The minimum atomic E-state index is -4.93. The van der Waals surface area contributed by atoms with Gasteiger partial charge >= 0.3 is 6.36 Å². The lowest BCUT2D eigenvalue weighted by Crippen LogP contribution is -2.40. The van der Waals surface area contributed by atoms with E-state index in [1.165, 1.54) is 24.3 Å². The van der Waals surface area contributed by atoms with E-state index in [1.807, 2.05) is 20.8 Å². The maximum Gasteiger partial charge on any atom is 0.573 e. The zero-order chi connectivity index (χ0) is 21.2. The van der Waals surface area contributed by atoms with E-state index in [1.54, 1.807) is 0 Å². The standard InChI is InChI=1S/C18H19F3N2O4S/c1-17(2,3)22-16(24)12-7-9-13(10-8-12)23-28(25,26)15-6-4-5-14(11-15)27-18(19,20)21/h4-11,23H,1-3H3,(H,22,24). The number of benzene rings is 2. The third-order valence-corrected chi connectivity index (χ3v) is 4.62. The number of hydrogen-bond acceptors (Lipinski definition) is 4. The van der Waals surface area contributed by atoms with Gasteiger partial charge in [0, 0.05) is 22.9 Å². The molecule has 0 bridgehead atoms. The first-order chi connectivity index (χ1) is 12.8. The summed E-state index contributed by atoms with van der Waals surface area (Å²) < 4.78 is 67.7. The van der Waals surface area contributed by atoms with Crippen LogP contribution in [0.15, 0.2) is 53.4 Å². The second-order valence-corrected chi connectivity index (χ2v) is 8.59. The molecule has 10 heteroatoms. The maximum atomic E-state index is 12.4. The summed E-state index contributed by atoms with van der Waals surface area (Å²) in [5, 5.41) is 2.77. The maximum absolute atomic E-state index is 12.4. The average Bonchev–Trinajstić information content (AvgIpc) is 2.52. The van der Waals surface area contributed by atoms with Crippen LogP contribution >= 0.6 is 0 Å². The van der Waals surface area contributed by atoms with Gasteiger partial charge in [0.05, 0.1) is 4.90 Å². The molecule has 2 N–H and O–H groups in total. The molecule has 152 valence electrons. The van der Waals surface area contributed by atoms with Crippen molar-refractivity contribution in [3.8, 4) is 5.75 Å². The lowest BCUT2D eigenvalue weighted by atomic mass is 10.1. The Balaban J connectivity index is 2.16. The van der Waals surface area contributed by atoms with Crippen molar-refractivity contribution >= 4 is 21.6 Å². The molecule has 2 rings (SSSR count). The van der Waals surface area contributed by atoms with Crippen molar-refractivity contribution in [1.82, 2.24) is 5.32 Å². The molecule has 6 nitrogen and oxygen atoms in total. The Kier molecular flexibility index (Phi) is 5.93. The monoisotopic (exact) mass is 416 g/mol. The van der Waals surface area contributed by atoms with Crippen LogP contribution in [0.2, 0.25) is 0 Å². The van der Waals surface area contributed by atoms with Gasteiger partial charge in [0.1, 0.15) is 5.75 Å². The molecule has 0 fully saturated rings. The Morgan fingerprint density at radius 2 is 1.61 bits per heavy atom. The van der Waals surface area contributed by atoms with Crippen LogP contribution in [0.4, 0.5) is 18.9 Å². The van der Waals surface area contributed by atoms with Crippen molar-refractivity contribution in [3.63, 3.8) is 0 Å². The number of carbonyl (C=O) groups excluding carboxylic acids is 1. The lowest BCUT2D eigenvalue weighted by molar-refractivity contribution is -0.274. The summed E-state index contributed by atoms with van der Waals surface area (Å²) in [7, 11) is -4.15. The van der Waals surface area contributed by atoms with Gasteiger partial charge in [0.25, 0.3) is 15.9 Å². The van der Waals surface area contributed by atoms with Crippen LogP contribution in [-0.2, 0) is 10.0 Å². The summed E-state index contributed by atoms with van der Waals surface area (Å²) in [6.45, 7) is 5.47. The Morgan fingerprint density at radius 3 is 2.14 bits per heavy atom. The van der Waals surface area contributed by atoms with Crippen LogP contribution in [0, 0.1) is 0 Å². The summed E-state index contributed by atoms with van der Waals surface area (Å²) in [6, 6.07) is 9.66. The minimum Gasteiger partial charge on any atom is -0.406 e. The highest BCUT2D eigenvalue weighted by Gasteiger charge is 2.31. The molecule has 0 heterocycles. The van der Waals surface area contributed by atoms with Gasteiger partial charge in [-0.1, -0.05) is 6.07 Å². The normalized spacial score (nSPS) is 12.4. The molecule has 28 heavy (non-hydrogen) atoms. The number of anilines is 1. The first kappa shape index (κ1) is 21.5. The van der Waals surface area contributed by atoms with Crippen LogP contribution in [0.1, 0.15) is 31.1 Å². The molecule has 0 aromatic heterocycles. The number of halogens is 3. The quantitative estimate of drug-likeness (QED) is 0.774. The lowest BCUT2D eigenvalue weighted by Gasteiger charge is -2.20. The second kappa shape index (κ2) is 7.70. The molecule has 2 aromatic carbocycles. The third kappa shape index (κ3) is 6.45. The van der Waals surface area contributed by atoms with Crippen molar-refractivity contribution < 1.29 is 31.1 Å². The average molecular weight is 416 g/mol. The second-order valence-electron chi connectivity index (χ2n) is 6.91. The highest BCUT2D eigenvalue weighted by Crippen LogP contribution is 2.26. The van der Waals surface area contributed by atoms with Crippen molar-refractivity contribution in [2.45, 2.75) is 37.6 Å². The number of amides is 1. The van der Waals surface area contributed by atoms with Crippen LogP contribution in [-0.4, -0.2) is 26.2 Å². The fraction of sp³-hybridized carbons (Fsp3) is 0.278.